The van der Waals surface area contributed by atoms with Gasteiger partial charge >= 0.3 is 6.03 Å². The van der Waals surface area contributed by atoms with Gasteiger partial charge < -0.3 is 10.5 Å². The number of benzene rings is 1. The maximum Gasteiger partial charge on any atom is 0.339 e. The lowest BCUT2D eigenvalue weighted by Crippen LogP contribution is -2.35. The van der Waals surface area contributed by atoms with E-state index in [-0.39, 0.29) is 5.41 Å². The molecular weight excluding hydrogens is 316 g/mol. The van der Waals surface area contributed by atoms with Gasteiger partial charge in [0.15, 0.2) is 0 Å². The van der Waals surface area contributed by atoms with Crippen molar-refractivity contribution < 1.29 is 9.53 Å². The molecule has 0 unspecified atom stereocenters. The van der Waals surface area contributed by atoms with E-state index in [1.807, 2.05) is 0 Å². The zero-order chi connectivity index (χ0) is 18.0. The first kappa shape index (κ1) is 17.6. The lowest BCUT2D eigenvalue weighted by molar-refractivity contribution is 0.0342. The minimum absolute atomic E-state index is 0.178. The van der Waals surface area contributed by atoms with E-state index in [1.54, 1.807) is 6.20 Å². The van der Waals surface area contributed by atoms with E-state index in [4.69, 9.17) is 10.5 Å². The summed E-state index contributed by atoms with van der Waals surface area (Å²) in [6, 6.07) is 7.89. The van der Waals surface area contributed by atoms with Gasteiger partial charge in [0.2, 0.25) is 0 Å². The van der Waals surface area contributed by atoms with Gasteiger partial charge in [0.05, 0.1) is 18.9 Å². The van der Waals surface area contributed by atoms with Crippen LogP contribution in [0.25, 0.3) is 11.1 Å². The fourth-order valence-corrected chi connectivity index (χ4v) is 3.06. The average Bonchev–Trinajstić information content (AvgIpc) is 3.02. The molecule has 1 amide bonds. The molecule has 6 nitrogen and oxygen atoms in total. The van der Waals surface area contributed by atoms with Gasteiger partial charge in [-0.15, -0.1) is 0 Å². The zero-order valence-corrected chi connectivity index (χ0v) is 15.2. The predicted molar refractivity (Wildman–Crippen MR) is 97.4 cm³/mol. The molecule has 1 aliphatic rings. The fourth-order valence-electron chi connectivity index (χ4n) is 3.06. The van der Waals surface area contributed by atoms with Crippen LogP contribution in [0.3, 0.4) is 0 Å². The molecule has 2 N–H and O–H groups in total. The van der Waals surface area contributed by atoms with Crippen molar-refractivity contribution in [1.82, 2.24) is 14.7 Å². The summed E-state index contributed by atoms with van der Waals surface area (Å²) in [6.07, 6.45) is 1.72. The van der Waals surface area contributed by atoms with Crippen LogP contribution in [0.1, 0.15) is 32.0 Å². The van der Waals surface area contributed by atoms with Gasteiger partial charge in [0.1, 0.15) is 0 Å². The Morgan fingerprint density at radius 2 is 1.84 bits per heavy atom. The van der Waals surface area contributed by atoms with E-state index in [9.17, 15) is 4.79 Å². The number of nitrogens with two attached hydrogens (primary N) is 1. The number of amides is 1. The standard InChI is InChI=1S/C19H26N4O2/c1-19(2,3)17-16(13-23(21-17)18(20)24)15-6-4-14(5-7-15)12-22-8-10-25-11-9-22/h4-7,13H,8-12H2,1-3H3,(H2,20,24). The summed E-state index contributed by atoms with van der Waals surface area (Å²) < 4.78 is 6.61. The van der Waals surface area contributed by atoms with E-state index in [0.29, 0.717) is 0 Å². The van der Waals surface area contributed by atoms with Crippen LogP contribution in [0.15, 0.2) is 30.5 Å². The molecule has 134 valence electrons. The molecule has 0 spiro atoms. The summed E-state index contributed by atoms with van der Waals surface area (Å²) in [6.45, 7) is 10.7. The maximum atomic E-state index is 11.5. The number of rotatable bonds is 3. The monoisotopic (exact) mass is 342 g/mol. The predicted octanol–water partition coefficient (Wildman–Crippen LogP) is 2.61. The van der Waals surface area contributed by atoms with Gasteiger partial charge in [0.25, 0.3) is 0 Å². The number of hydrogen-bond acceptors (Lipinski definition) is 4. The number of carbonyl (C=O) groups excluding carboxylic acids is 1. The Bertz CT molecular complexity index is 738. The van der Waals surface area contributed by atoms with Gasteiger partial charge in [-0.2, -0.15) is 9.78 Å². The van der Waals surface area contributed by atoms with Crippen molar-refractivity contribution in [3.63, 3.8) is 0 Å². The molecular formula is C19H26N4O2. The molecule has 0 radical (unpaired) electrons. The highest BCUT2D eigenvalue weighted by atomic mass is 16.5. The first-order chi connectivity index (χ1) is 11.8. The van der Waals surface area contributed by atoms with Gasteiger partial charge in [-0.25, -0.2) is 4.79 Å². The van der Waals surface area contributed by atoms with Crippen molar-refractivity contribution in [3.8, 4) is 11.1 Å². The highest BCUT2D eigenvalue weighted by Gasteiger charge is 2.24. The minimum Gasteiger partial charge on any atom is -0.379 e. The van der Waals surface area contributed by atoms with Gasteiger partial charge in [-0.05, 0) is 11.1 Å². The number of aromatic nitrogens is 2. The first-order valence-electron chi connectivity index (χ1n) is 8.64. The van der Waals surface area contributed by atoms with Crippen molar-refractivity contribution in [1.29, 1.82) is 0 Å². The summed E-state index contributed by atoms with van der Waals surface area (Å²) in [5, 5.41) is 4.39. The zero-order valence-electron chi connectivity index (χ0n) is 15.2. The highest BCUT2D eigenvalue weighted by Crippen LogP contribution is 2.32. The number of carbonyl (C=O) groups is 1. The quantitative estimate of drug-likeness (QED) is 0.930. The molecule has 2 heterocycles. The molecule has 1 aromatic carbocycles. The number of morpholine rings is 1. The Hall–Kier alpha value is -2.18. The Kier molecular flexibility index (Phi) is 4.92. The molecule has 25 heavy (non-hydrogen) atoms. The summed E-state index contributed by atoms with van der Waals surface area (Å²) in [7, 11) is 0. The van der Waals surface area contributed by atoms with Crippen molar-refractivity contribution in [2.45, 2.75) is 32.7 Å². The van der Waals surface area contributed by atoms with Crippen molar-refractivity contribution in [2.24, 2.45) is 5.73 Å². The van der Waals surface area contributed by atoms with Crippen LogP contribution in [0.4, 0.5) is 4.79 Å². The van der Waals surface area contributed by atoms with E-state index < -0.39 is 6.03 Å². The Morgan fingerprint density at radius 1 is 1.20 bits per heavy atom. The number of primary amides is 1. The highest BCUT2D eigenvalue weighted by molar-refractivity contribution is 5.77. The first-order valence-corrected chi connectivity index (χ1v) is 8.64. The Labute approximate surface area is 148 Å². The van der Waals surface area contributed by atoms with Crippen LogP contribution in [0.5, 0.6) is 0 Å². The van der Waals surface area contributed by atoms with Crippen molar-refractivity contribution in [3.05, 3.63) is 41.7 Å². The summed E-state index contributed by atoms with van der Waals surface area (Å²) in [4.78, 5) is 13.9. The second-order valence-electron chi connectivity index (χ2n) is 7.51. The lowest BCUT2D eigenvalue weighted by Gasteiger charge is -2.26. The summed E-state index contributed by atoms with van der Waals surface area (Å²) in [5.74, 6) is 0. The maximum absolute atomic E-state index is 11.5. The Balaban J connectivity index is 1.85. The van der Waals surface area contributed by atoms with Gasteiger partial charge in [-0.1, -0.05) is 45.0 Å². The molecule has 0 atom stereocenters. The van der Waals surface area contributed by atoms with Crippen LogP contribution in [-0.2, 0) is 16.7 Å². The SMILES string of the molecule is CC(C)(C)c1nn(C(N)=O)cc1-c1ccc(CN2CCOCC2)cc1. The third kappa shape index (κ3) is 4.08. The molecule has 2 aromatic rings. The molecule has 1 saturated heterocycles. The van der Waals surface area contributed by atoms with Crippen LogP contribution >= 0.6 is 0 Å². The van der Waals surface area contributed by atoms with Crippen LogP contribution in [0, 0.1) is 0 Å². The fraction of sp³-hybridized carbons (Fsp3) is 0.474. The largest absolute Gasteiger partial charge is 0.379 e. The van der Waals surface area contributed by atoms with Crippen LogP contribution in [-0.4, -0.2) is 47.0 Å². The molecule has 3 rings (SSSR count). The topological polar surface area (TPSA) is 73.4 Å². The molecule has 6 heteroatoms. The van der Waals surface area contributed by atoms with Gasteiger partial charge in [0, 0.05) is 36.8 Å². The number of ether oxygens (including phenoxy) is 1. The second kappa shape index (κ2) is 6.98. The summed E-state index contributed by atoms with van der Waals surface area (Å²) in [5.41, 5.74) is 9.34. The van der Waals surface area contributed by atoms with Gasteiger partial charge in [-0.3, -0.25) is 4.90 Å². The van der Waals surface area contributed by atoms with Crippen molar-refractivity contribution >= 4 is 6.03 Å². The normalized spacial score (nSPS) is 16.1. The number of nitrogens with zero attached hydrogens (tertiary/aromatic N) is 3. The minimum atomic E-state index is -0.569. The smallest absolute Gasteiger partial charge is 0.339 e. The number of hydrogen-bond donors (Lipinski definition) is 1. The van der Waals surface area contributed by atoms with E-state index >= 15 is 0 Å². The van der Waals surface area contributed by atoms with Crippen molar-refractivity contribution in [2.75, 3.05) is 26.3 Å². The van der Waals surface area contributed by atoms with E-state index in [0.717, 1.165) is 49.7 Å². The molecule has 0 saturated carbocycles. The average molecular weight is 342 g/mol. The second-order valence-corrected chi connectivity index (χ2v) is 7.51. The van der Waals surface area contributed by atoms with Crippen LogP contribution < -0.4 is 5.73 Å². The third-order valence-electron chi connectivity index (χ3n) is 4.43. The van der Waals surface area contributed by atoms with Crippen LogP contribution in [0.2, 0.25) is 0 Å². The molecule has 0 bridgehead atoms. The third-order valence-corrected chi connectivity index (χ3v) is 4.43. The van der Waals surface area contributed by atoms with E-state index in [2.05, 4.69) is 55.0 Å². The summed E-state index contributed by atoms with van der Waals surface area (Å²) >= 11 is 0. The molecule has 1 fully saturated rings. The molecule has 1 aliphatic heterocycles. The lowest BCUT2D eigenvalue weighted by atomic mass is 9.87. The molecule has 1 aromatic heterocycles. The van der Waals surface area contributed by atoms with E-state index in [1.165, 1.54) is 10.2 Å². The molecule has 0 aliphatic carbocycles. The Morgan fingerprint density at radius 3 is 2.40 bits per heavy atom.